The van der Waals surface area contributed by atoms with Gasteiger partial charge >= 0.3 is 5.97 Å². The van der Waals surface area contributed by atoms with Gasteiger partial charge in [-0.15, -0.1) is 0 Å². The molecule has 0 unspecified atom stereocenters. The van der Waals surface area contributed by atoms with Gasteiger partial charge in [0.15, 0.2) is 0 Å². The van der Waals surface area contributed by atoms with Crippen molar-refractivity contribution < 1.29 is 19.4 Å². The van der Waals surface area contributed by atoms with E-state index in [0.717, 1.165) is 37.4 Å². The number of rotatable bonds is 11. The third-order valence-electron chi connectivity index (χ3n) is 8.41. The van der Waals surface area contributed by atoms with Gasteiger partial charge in [-0.25, -0.2) is 0 Å². The van der Waals surface area contributed by atoms with Crippen LogP contribution in [-0.2, 0) is 4.79 Å². The Labute approximate surface area is 234 Å². The molecule has 1 aliphatic carbocycles. The van der Waals surface area contributed by atoms with Gasteiger partial charge in [-0.05, 0) is 65.6 Å². The van der Waals surface area contributed by atoms with Crippen LogP contribution in [0.15, 0.2) is 66.7 Å². The number of aliphatic carboxylic acids is 1. The van der Waals surface area contributed by atoms with Crippen LogP contribution in [0, 0.1) is 5.92 Å². The molecule has 1 saturated heterocycles. The Morgan fingerprint density at radius 1 is 0.974 bits per heavy atom. The zero-order valence-electron chi connectivity index (χ0n) is 23.4. The topological polar surface area (TPSA) is 59.0 Å². The van der Waals surface area contributed by atoms with Crippen molar-refractivity contribution >= 4 is 25.6 Å². The van der Waals surface area contributed by atoms with E-state index in [9.17, 15) is 9.90 Å². The largest absolute Gasteiger partial charge is 0.497 e. The molecule has 2 aliphatic rings. The van der Waals surface area contributed by atoms with Crippen molar-refractivity contribution in [3.8, 4) is 22.6 Å². The Kier molecular flexibility index (Phi) is 8.61. The SMILES string of the molecule is COc1ccc(-c2ccc(C(C)C)cc2)c(N2CCC(COc3cccc([Si@@H](CC(=O)O)C4CC4)c3)CC2)c1. The number of carboxylic acid groups (broad SMARTS) is 1. The standard InChI is InChI=1S/C33H41NO4Si/c1-23(2)25-7-9-26(10-8-25)31-14-11-27(37-3)20-32(31)34-17-15-24(16-18-34)21-38-28-5-4-6-30(19-28)39(22-33(35)36)29-12-13-29/h4-11,14,19-20,23-24,29,39H,12-13,15-18,21-22H2,1-3H3,(H,35,36)/t39-/m0/s1. The minimum absolute atomic E-state index is 0.334. The Balaban J connectivity index is 1.22. The van der Waals surface area contributed by atoms with Crippen LogP contribution in [0.5, 0.6) is 11.5 Å². The maximum absolute atomic E-state index is 11.4. The molecule has 0 radical (unpaired) electrons. The molecule has 1 atom stereocenters. The molecule has 3 aromatic rings. The van der Waals surface area contributed by atoms with Crippen molar-refractivity contribution in [2.75, 3.05) is 31.7 Å². The second-order valence-corrected chi connectivity index (χ2v) is 14.7. The van der Waals surface area contributed by atoms with Gasteiger partial charge in [0.25, 0.3) is 0 Å². The van der Waals surface area contributed by atoms with Crippen LogP contribution in [0.3, 0.4) is 0 Å². The molecule has 1 aliphatic heterocycles. The zero-order chi connectivity index (χ0) is 27.4. The lowest BCUT2D eigenvalue weighted by Gasteiger charge is -2.35. The van der Waals surface area contributed by atoms with Gasteiger partial charge in [0, 0.05) is 36.5 Å². The molecular formula is C33H41NO4Si. The molecule has 3 aromatic carbocycles. The first-order valence-corrected chi connectivity index (χ1v) is 16.4. The first-order valence-electron chi connectivity index (χ1n) is 14.4. The lowest BCUT2D eigenvalue weighted by atomic mass is 9.94. The van der Waals surface area contributed by atoms with Crippen LogP contribution in [0.25, 0.3) is 11.1 Å². The molecular weight excluding hydrogens is 502 g/mol. The van der Waals surface area contributed by atoms with Crippen LogP contribution in [-0.4, -0.2) is 46.7 Å². The van der Waals surface area contributed by atoms with Crippen LogP contribution in [0.1, 0.15) is 51.0 Å². The third kappa shape index (κ3) is 6.85. The molecule has 2 fully saturated rings. The molecule has 206 valence electrons. The number of methoxy groups -OCH3 is 1. The van der Waals surface area contributed by atoms with Crippen LogP contribution < -0.4 is 19.6 Å². The smallest absolute Gasteiger partial charge is 0.300 e. The highest BCUT2D eigenvalue weighted by Crippen LogP contribution is 2.40. The molecule has 0 bridgehead atoms. The highest BCUT2D eigenvalue weighted by atomic mass is 28.3. The van der Waals surface area contributed by atoms with E-state index in [1.807, 2.05) is 12.1 Å². The summed E-state index contributed by atoms with van der Waals surface area (Å²) in [6.07, 6.45) is 4.51. The molecule has 5 nitrogen and oxygen atoms in total. The van der Waals surface area contributed by atoms with Gasteiger partial charge in [-0.3, -0.25) is 4.79 Å². The summed E-state index contributed by atoms with van der Waals surface area (Å²) in [5.74, 6) is 2.12. The zero-order valence-corrected chi connectivity index (χ0v) is 24.6. The number of hydrogen-bond acceptors (Lipinski definition) is 4. The average Bonchev–Trinajstić information content (AvgIpc) is 3.80. The van der Waals surface area contributed by atoms with Crippen LogP contribution in [0.2, 0.25) is 11.6 Å². The van der Waals surface area contributed by atoms with E-state index in [4.69, 9.17) is 9.47 Å². The summed E-state index contributed by atoms with van der Waals surface area (Å²) in [6.45, 7) is 7.11. The van der Waals surface area contributed by atoms with E-state index in [2.05, 4.69) is 73.3 Å². The van der Waals surface area contributed by atoms with E-state index >= 15 is 0 Å². The van der Waals surface area contributed by atoms with E-state index < -0.39 is 14.8 Å². The van der Waals surface area contributed by atoms with Crippen molar-refractivity contribution in [2.45, 2.75) is 57.0 Å². The number of piperidine rings is 1. The summed E-state index contributed by atoms with van der Waals surface area (Å²) in [5.41, 5.74) is 5.70. The molecule has 0 spiro atoms. The predicted molar refractivity (Wildman–Crippen MR) is 162 cm³/mol. The van der Waals surface area contributed by atoms with E-state index in [0.29, 0.717) is 30.0 Å². The second kappa shape index (κ2) is 12.3. The number of benzene rings is 3. The molecule has 39 heavy (non-hydrogen) atoms. The first kappa shape index (κ1) is 27.3. The Hall–Kier alpha value is -3.25. The van der Waals surface area contributed by atoms with Crippen LogP contribution >= 0.6 is 0 Å². The number of carbonyl (C=O) groups is 1. The molecule has 6 heteroatoms. The van der Waals surface area contributed by atoms with Crippen molar-refractivity contribution in [3.05, 3.63) is 72.3 Å². The van der Waals surface area contributed by atoms with Crippen molar-refractivity contribution in [1.82, 2.24) is 0 Å². The quantitative estimate of drug-likeness (QED) is 0.281. The number of hydrogen-bond donors (Lipinski definition) is 1. The fourth-order valence-electron chi connectivity index (χ4n) is 5.82. The second-order valence-electron chi connectivity index (χ2n) is 11.5. The summed E-state index contributed by atoms with van der Waals surface area (Å²) < 4.78 is 11.9. The molecule has 1 saturated carbocycles. The number of ether oxygens (including phenoxy) is 2. The molecule has 1 N–H and O–H groups in total. The van der Waals surface area contributed by atoms with Crippen molar-refractivity contribution in [1.29, 1.82) is 0 Å². The molecule has 0 amide bonds. The fraction of sp³-hybridized carbons (Fsp3) is 0.424. The minimum atomic E-state index is -1.49. The van der Waals surface area contributed by atoms with Crippen molar-refractivity contribution in [3.63, 3.8) is 0 Å². The van der Waals surface area contributed by atoms with Gasteiger partial charge < -0.3 is 19.5 Å². The lowest BCUT2D eigenvalue weighted by molar-refractivity contribution is -0.134. The van der Waals surface area contributed by atoms with Gasteiger partial charge in [0.1, 0.15) is 11.5 Å². The highest BCUT2D eigenvalue weighted by molar-refractivity contribution is 6.77. The van der Waals surface area contributed by atoms with E-state index in [-0.39, 0.29) is 0 Å². The highest BCUT2D eigenvalue weighted by Gasteiger charge is 2.35. The molecule has 0 aromatic heterocycles. The fourth-order valence-corrected chi connectivity index (χ4v) is 9.05. The Morgan fingerprint density at radius 2 is 1.72 bits per heavy atom. The van der Waals surface area contributed by atoms with Crippen LogP contribution in [0.4, 0.5) is 5.69 Å². The molecule has 1 heterocycles. The minimum Gasteiger partial charge on any atom is -0.497 e. The summed E-state index contributed by atoms with van der Waals surface area (Å²) >= 11 is 0. The number of anilines is 1. The number of carboxylic acids is 1. The summed E-state index contributed by atoms with van der Waals surface area (Å²) in [5, 5.41) is 10.6. The van der Waals surface area contributed by atoms with E-state index in [1.165, 1.54) is 40.4 Å². The summed E-state index contributed by atoms with van der Waals surface area (Å²) in [6, 6.07) is 24.0. The summed E-state index contributed by atoms with van der Waals surface area (Å²) in [7, 11) is 0.243. The third-order valence-corrected chi connectivity index (χ3v) is 12.2. The summed E-state index contributed by atoms with van der Waals surface area (Å²) in [4.78, 5) is 13.9. The Morgan fingerprint density at radius 3 is 2.36 bits per heavy atom. The number of nitrogens with zero attached hydrogens (tertiary/aromatic N) is 1. The monoisotopic (exact) mass is 543 g/mol. The normalized spacial score (nSPS) is 16.8. The first-order chi connectivity index (χ1) is 18.9. The molecule has 5 rings (SSSR count). The van der Waals surface area contributed by atoms with Crippen molar-refractivity contribution in [2.24, 2.45) is 5.92 Å². The van der Waals surface area contributed by atoms with Gasteiger partial charge in [0.2, 0.25) is 0 Å². The Bertz CT molecular complexity index is 1260. The predicted octanol–water partition coefficient (Wildman–Crippen LogP) is 6.46. The van der Waals surface area contributed by atoms with Gasteiger partial charge in [-0.1, -0.05) is 68.3 Å². The average molecular weight is 544 g/mol. The lowest BCUT2D eigenvalue weighted by Crippen LogP contribution is -2.36. The van der Waals surface area contributed by atoms with Gasteiger partial charge in [-0.2, -0.15) is 0 Å². The van der Waals surface area contributed by atoms with Gasteiger partial charge in [0.05, 0.1) is 22.5 Å². The van der Waals surface area contributed by atoms with E-state index in [1.54, 1.807) is 7.11 Å². The maximum Gasteiger partial charge on any atom is 0.300 e. The maximum atomic E-state index is 11.4.